The number of nitrogens with one attached hydrogen (secondary N) is 1. The molecule has 3 nitrogen and oxygen atoms in total. The van der Waals surface area contributed by atoms with Gasteiger partial charge in [-0.3, -0.25) is 4.72 Å². The third-order valence-corrected chi connectivity index (χ3v) is 6.18. The van der Waals surface area contributed by atoms with Gasteiger partial charge in [0, 0.05) is 10.1 Å². The summed E-state index contributed by atoms with van der Waals surface area (Å²) >= 11 is 7.59. The molecule has 1 heterocycles. The number of anilines is 1. The van der Waals surface area contributed by atoms with Gasteiger partial charge in [0.1, 0.15) is 5.00 Å². The Bertz CT molecular complexity index is 899. The van der Waals surface area contributed by atoms with Crippen LogP contribution in [0, 0.1) is 6.92 Å². The second-order valence-corrected chi connectivity index (χ2v) is 7.77. The molecule has 0 amide bonds. The number of benzene rings is 2. The van der Waals surface area contributed by atoms with Crippen LogP contribution >= 0.6 is 22.9 Å². The summed E-state index contributed by atoms with van der Waals surface area (Å²) in [5, 5.41) is 1.73. The molecule has 0 spiro atoms. The molecule has 1 aromatic heterocycles. The van der Waals surface area contributed by atoms with Crippen molar-refractivity contribution in [3.63, 3.8) is 0 Å². The number of fused-ring (bicyclic) bond motifs is 1. The molecule has 3 rings (SSSR count). The number of thiophene rings is 1. The fourth-order valence-corrected chi connectivity index (χ4v) is 4.72. The minimum atomic E-state index is -3.62. The van der Waals surface area contributed by atoms with Crippen molar-refractivity contribution >= 4 is 48.0 Å². The molecular formula is C15H12ClNO2S2. The summed E-state index contributed by atoms with van der Waals surface area (Å²) in [7, 11) is -3.62. The zero-order valence-corrected chi connectivity index (χ0v) is 13.5. The van der Waals surface area contributed by atoms with Crippen molar-refractivity contribution in [1.29, 1.82) is 0 Å². The molecule has 21 heavy (non-hydrogen) atoms. The zero-order chi connectivity index (χ0) is 15.0. The van der Waals surface area contributed by atoms with Crippen molar-refractivity contribution in [2.75, 3.05) is 4.72 Å². The molecular weight excluding hydrogens is 326 g/mol. The van der Waals surface area contributed by atoms with Crippen molar-refractivity contribution in [1.82, 2.24) is 0 Å². The SMILES string of the molecule is Cc1ccc(S(=O)(=O)Nc2sc3ccccc3c2Cl)cc1. The van der Waals surface area contributed by atoms with E-state index in [1.54, 1.807) is 24.3 Å². The number of halogens is 1. The third kappa shape index (κ3) is 2.77. The summed E-state index contributed by atoms with van der Waals surface area (Å²) in [5.74, 6) is 0. The fourth-order valence-electron chi connectivity index (χ4n) is 1.98. The smallest absolute Gasteiger partial charge is 0.262 e. The van der Waals surface area contributed by atoms with Gasteiger partial charge in [-0.15, -0.1) is 11.3 Å². The second kappa shape index (κ2) is 5.33. The van der Waals surface area contributed by atoms with Gasteiger partial charge in [0.2, 0.25) is 0 Å². The highest BCUT2D eigenvalue weighted by Crippen LogP contribution is 2.40. The van der Waals surface area contributed by atoms with Crippen LogP contribution in [0.2, 0.25) is 5.02 Å². The zero-order valence-electron chi connectivity index (χ0n) is 11.1. The van der Waals surface area contributed by atoms with Crippen LogP contribution < -0.4 is 4.72 Å². The summed E-state index contributed by atoms with van der Waals surface area (Å²) in [5.41, 5.74) is 1.01. The maximum Gasteiger partial charge on any atom is 0.262 e. The molecule has 1 N–H and O–H groups in total. The van der Waals surface area contributed by atoms with Gasteiger partial charge in [0.05, 0.1) is 9.92 Å². The van der Waals surface area contributed by atoms with E-state index in [4.69, 9.17) is 11.6 Å². The van der Waals surface area contributed by atoms with E-state index >= 15 is 0 Å². The molecule has 0 radical (unpaired) electrons. The van der Waals surface area contributed by atoms with E-state index < -0.39 is 10.0 Å². The van der Waals surface area contributed by atoms with Gasteiger partial charge < -0.3 is 0 Å². The monoisotopic (exact) mass is 337 g/mol. The van der Waals surface area contributed by atoms with Crippen molar-refractivity contribution in [2.24, 2.45) is 0 Å². The molecule has 0 saturated heterocycles. The molecule has 0 aliphatic rings. The van der Waals surface area contributed by atoms with Gasteiger partial charge in [-0.25, -0.2) is 8.42 Å². The number of rotatable bonds is 3. The topological polar surface area (TPSA) is 46.2 Å². The summed E-state index contributed by atoms with van der Waals surface area (Å²) in [6, 6.07) is 14.2. The van der Waals surface area contributed by atoms with E-state index in [0.717, 1.165) is 15.6 Å². The lowest BCUT2D eigenvalue weighted by molar-refractivity contribution is 0.601. The predicted octanol–water partition coefficient (Wildman–Crippen LogP) is 4.66. The molecule has 3 aromatic rings. The van der Waals surface area contributed by atoms with E-state index in [1.165, 1.54) is 11.3 Å². The van der Waals surface area contributed by atoms with Crippen LogP contribution in [-0.2, 0) is 10.0 Å². The van der Waals surface area contributed by atoms with Gasteiger partial charge >= 0.3 is 0 Å². The number of aryl methyl sites for hydroxylation is 1. The van der Waals surface area contributed by atoms with E-state index in [9.17, 15) is 8.42 Å². The van der Waals surface area contributed by atoms with Gasteiger partial charge in [-0.2, -0.15) is 0 Å². The molecule has 2 aromatic carbocycles. The Morgan fingerprint density at radius 1 is 1.05 bits per heavy atom. The summed E-state index contributed by atoms with van der Waals surface area (Å²) in [6.45, 7) is 1.91. The first-order valence-electron chi connectivity index (χ1n) is 6.24. The predicted molar refractivity (Wildman–Crippen MR) is 88.8 cm³/mol. The molecule has 0 aliphatic heterocycles. The Labute approximate surface area is 132 Å². The second-order valence-electron chi connectivity index (χ2n) is 4.66. The van der Waals surface area contributed by atoms with Gasteiger partial charge in [-0.1, -0.05) is 47.5 Å². The highest BCUT2D eigenvalue weighted by molar-refractivity contribution is 7.93. The maximum absolute atomic E-state index is 12.4. The molecule has 0 saturated carbocycles. The minimum absolute atomic E-state index is 0.224. The molecule has 0 unspecified atom stereocenters. The summed E-state index contributed by atoms with van der Waals surface area (Å²) in [4.78, 5) is 0.224. The Morgan fingerprint density at radius 2 is 1.71 bits per heavy atom. The first-order chi connectivity index (χ1) is 9.97. The summed E-state index contributed by atoms with van der Waals surface area (Å²) in [6.07, 6.45) is 0. The average Bonchev–Trinajstić information content (AvgIpc) is 2.76. The highest BCUT2D eigenvalue weighted by Gasteiger charge is 2.18. The van der Waals surface area contributed by atoms with Crippen molar-refractivity contribution in [3.8, 4) is 0 Å². The first-order valence-corrected chi connectivity index (χ1v) is 8.92. The van der Waals surface area contributed by atoms with E-state index in [0.29, 0.717) is 10.0 Å². The molecule has 0 atom stereocenters. The largest absolute Gasteiger partial charge is 0.269 e. The van der Waals surface area contributed by atoms with Crippen LogP contribution in [0.25, 0.3) is 10.1 Å². The lowest BCUT2D eigenvalue weighted by Crippen LogP contribution is -2.12. The molecule has 0 fully saturated rings. The fraction of sp³-hybridized carbons (Fsp3) is 0.0667. The van der Waals surface area contributed by atoms with E-state index in [-0.39, 0.29) is 4.90 Å². The lowest BCUT2D eigenvalue weighted by Gasteiger charge is -2.06. The molecule has 108 valence electrons. The molecule has 0 bridgehead atoms. The van der Waals surface area contributed by atoms with E-state index in [1.807, 2.05) is 31.2 Å². The van der Waals surface area contributed by atoms with Crippen LogP contribution in [0.1, 0.15) is 5.56 Å². The van der Waals surface area contributed by atoms with E-state index in [2.05, 4.69) is 4.72 Å². The number of hydrogen-bond acceptors (Lipinski definition) is 3. The van der Waals surface area contributed by atoms with Crippen molar-refractivity contribution in [2.45, 2.75) is 11.8 Å². The average molecular weight is 338 g/mol. The van der Waals surface area contributed by atoms with Crippen LogP contribution in [0.15, 0.2) is 53.4 Å². The summed E-state index contributed by atoms with van der Waals surface area (Å²) < 4.78 is 28.3. The van der Waals surface area contributed by atoms with Crippen LogP contribution in [0.3, 0.4) is 0 Å². The van der Waals surface area contributed by atoms with Crippen LogP contribution in [-0.4, -0.2) is 8.42 Å². The Morgan fingerprint density at radius 3 is 2.38 bits per heavy atom. The normalized spacial score (nSPS) is 11.7. The Kier molecular flexibility index (Phi) is 3.65. The van der Waals surface area contributed by atoms with Crippen LogP contribution in [0.5, 0.6) is 0 Å². The Balaban J connectivity index is 2.01. The highest BCUT2D eigenvalue weighted by atomic mass is 35.5. The lowest BCUT2D eigenvalue weighted by atomic mass is 10.2. The van der Waals surface area contributed by atoms with Crippen molar-refractivity contribution in [3.05, 3.63) is 59.1 Å². The minimum Gasteiger partial charge on any atom is -0.269 e. The standard InChI is InChI=1S/C15H12ClNO2S2/c1-10-6-8-11(9-7-10)21(18,19)17-15-14(16)12-4-2-3-5-13(12)20-15/h2-9,17H,1H3. The third-order valence-electron chi connectivity index (χ3n) is 3.09. The quantitative estimate of drug-likeness (QED) is 0.755. The van der Waals surface area contributed by atoms with Crippen molar-refractivity contribution < 1.29 is 8.42 Å². The van der Waals surface area contributed by atoms with Gasteiger partial charge in [-0.05, 0) is 25.1 Å². The number of sulfonamides is 1. The first kappa shape index (κ1) is 14.4. The maximum atomic E-state index is 12.4. The number of hydrogen-bond donors (Lipinski definition) is 1. The molecule has 6 heteroatoms. The molecule has 0 aliphatic carbocycles. The van der Waals surface area contributed by atoms with Crippen LogP contribution in [0.4, 0.5) is 5.00 Å². The van der Waals surface area contributed by atoms with Gasteiger partial charge in [0.25, 0.3) is 10.0 Å². The Hall–Kier alpha value is -1.56. The van der Waals surface area contributed by atoms with Gasteiger partial charge in [0.15, 0.2) is 0 Å².